The van der Waals surface area contributed by atoms with Crippen LogP contribution >= 0.6 is 0 Å². The molecule has 0 fully saturated rings. The number of fused-ring (bicyclic) bond motifs is 1. The van der Waals surface area contributed by atoms with Gasteiger partial charge in [-0.05, 0) is 17.7 Å². The van der Waals surface area contributed by atoms with E-state index in [1.807, 2.05) is 0 Å². The second-order valence-electron chi connectivity index (χ2n) is 3.01. The Balaban J connectivity index is 2.30. The van der Waals surface area contributed by atoms with E-state index in [2.05, 4.69) is 0 Å². The van der Waals surface area contributed by atoms with Crippen molar-refractivity contribution < 1.29 is 23.4 Å². The Morgan fingerprint density at radius 2 is 2.13 bits per heavy atom. The maximum Gasteiger partial charge on any atom is 0.231 e. The molecular weight excluding hydrogens is 206 g/mol. The van der Waals surface area contributed by atoms with Crippen molar-refractivity contribution in [1.82, 2.24) is 0 Å². The summed E-state index contributed by atoms with van der Waals surface area (Å²) in [6.07, 6.45) is -1.88. The maximum absolute atomic E-state index is 12.7. The second kappa shape index (κ2) is 3.86. The summed E-state index contributed by atoms with van der Waals surface area (Å²) in [4.78, 5) is 0. The first-order valence-corrected chi connectivity index (χ1v) is 4.26. The normalized spacial score (nSPS) is 16.6. The molecule has 1 aliphatic rings. The third-order valence-electron chi connectivity index (χ3n) is 2.08. The van der Waals surface area contributed by atoms with Gasteiger partial charge in [-0.3, -0.25) is 0 Å². The standard InChI is InChI=1S/C10H8F2O3/c11-4-7(12)10(13)6-1-2-8-9(3-6)15-5-14-8/h1-4,10,13H,5H2/b7-4-. The number of halogens is 2. The van der Waals surface area contributed by atoms with Gasteiger partial charge in [0, 0.05) is 0 Å². The van der Waals surface area contributed by atoms with Crippen LogP contribution in [0.5, 0.6) is 11.5 Å². The number of hydrogen-bond acceptors (Lipinski definition) is 3. The monoisotopic (exact) mass is 214 g/mol. The first kappa shape index (κ1) is 9.92. The minimum Gasteiger partial charge on any atom is -0.454 e. The zero-order valence-corrected chi connectivity index (χ0v) is 7.61. The van der Waals surface area contributed by atoms with Crippen molar-refractivity contribution in [2.24, 2.45) is 0 Å². The van der Waals surface area contributed by atoms with Crippen LogP contribution < -0.4 is 9.47 Å². The van der Waals surface area contributed by atoms with E-state index in [4.69, 9.17) is 9.47 Å². The molecule has 2 rings (SSSR count). The Bertz CT molecular complexity index is 404. The van der Waals surface area contributed by atoms with Gasteiger partial charge < -0.3 is 14.6 Å². The third-order valence-corrected chi connectivity index (χ3v) is 2.08. The lowest BCUT2D eigenvalue weighted by Gasteiger charge is -2.08. The van der Waals surface area contributed by atoms with E-state index in [9.17, 15) is 13.9 Å². The molecule has 1 aliphatic heterocycles. The Morgan fingerprint density at radius 3 is 2.87 bits per heavy atom. The summed E-state index contributed by atoms with van der Waals surface area (Å²) in [7, 11) is 0. The van der Waals surface area contributed by atoms with Gasteiger partial charge in [0.1, 0.15) is 12.4 Å². The molecule has 0 saturated carbocycles. The second-order valence-corrected chi connectivity index (χ2v) is 3.01. The summed E-state index contributed by atoms with van der Waals surface area (Å²) in [6.45, 7) is 0.0936. The Hall–Kier alpha value is -1.62. The summed E-state index contributed by atoms with van der Waals surface area (Å²) < 4.78 is 34.6. The molecule has 1 aromatic carbocycles. The highest BCUT2D eigenvalue weighted by Gasteiger charge is 2.19. The van der Waals surface area contributed by atoms with Gasteiger partial charge in [0.25, 0.3) is 0 Å². The van der Waals surface area contributed by atoms with Crippen LogP contribution in [0, 0.1) is 0 Å². The average Bonchev–Trinajstić information content (AvgIpc) is 2.73. The highest BCUT2D eigenvalue weighted by atomic mass is 19.2. The van der Waals surface area contributed by atoms with E-state index in [1.165, 1.54) is 18.2 Å². The van der Waals surface area contributed by atoms with E-state index in [0.29, 0.717) is 11.5 Å². The lowest BCUT2D eigenvalue weighted by atomic mass is 10.1. The molecule has 0 saturated heterocycles. The quantitative estimate of drug-likeness (QED) is 0.820. The lowest BCUT2D eigenvalue weighted by molar-refractivity contribution is 0.172. The smallest absolute Gasteiger partial charge is 0.231 e. The van der Waals surface area contributed by atoms with Gasteiger partial charge in [-0.1, -0.05) is 6.07 Å². The molecule has 1 atom stereocenters. The summed E-state index contributed by atoms with van der Waals surface area (Å²) in [5.41, 5.74) is 0.214. The SMILES string of the molecule is OC(/C(F)=C/F)c1ccc2c(c1)OCO2. The van der Waals surface area contributed by atoms with Gasteiger partial charge in [0.05, 0.1) is 0 Å². The molecule has 5 heteroatoms. The largest absolute Gasteiger partial charge is 0.454 e. The van der Waals surface area contributed by atoms with E-state index in [1.54, 1.807) is 0 Å². The molecule has 1 aromatic rings. The molecule has 1 heterocycles. The van der Waals surface area contributed by atoms with Crippen molar-refractivity contribution in [2.75, 3.05) is 6.79 Å². The molecule has 0 aromatic heterocycles. The molecule has 0 radical (unpaired) electrons. The highest BCUT2D eigenvalue weighted by Crippen LogP contribution is 2.35. The molecule has 1 N–H and O–H groups in total. The minimum absolute atomic E-state index is 0.0936. The number of aliphatic hydroxyl groups is 1. The Labute approximate surface area is 84.5 Å². The molecule has 0 amide bonds. The summed E-state index contributed by atoms with van der Waals surface area (Å²) >= 11 is 0. The maximum atomic E-state index is 12.7. The van der Waals surface area contributed by atoms with Gasteiger partial charge in [0.2, 0.25) is 6.79 Å². The van der Waals surface area contributed by atoms with Crippen LogP contribution in [0.1, 0.15) is 11.7 Å². The molecule has 0 spiro atoms. The van der Waals surface area contributed by atoms with E-state index >= 15 is 0 Å². The number of ether oxygens (including phenoxy) is 2. The zero-order valence-electron chi connectivity index (χ0n) is 7.61. The van der Waals surface area contributed by atoms with E-state index in [-0.39, 0.29) is 18.7 Å². The number of rotatable bonds is 2. The van der Waals surface area contributed by atoms with Crippen LogP contribution in [0.3, 0.4) is 0 Å². The van der Waals surface area contributed by atoms with Crippen molar-refractivity contribution in [3.63, 3.8) is 0 Å². The van der Waals surface area contributed by atoms with Gasteiger partial charge in [-0.15, -0.1) is 0 Å². The van der Waals surface area contributed by atoms with E-state index < -0.39 is 11.9 Å². The predicted molar refractivity (Wildman–Crippen MR) is 47.8 cm³/mol. The summed E-state index contributed by atoms with van der Waals surface area (Å²) in [6, 6.07) is 4.39. The van der Waals surface area contributed by atoms with Crippen LogP contribution in [0.25, 0.3) is 0 Å². The molecule has 3 nitrogen and oxygen atoms in total. The number of aliphatic hydroxyl groups excluding tert-OH is 1. The van der Waals surface area contributed by atoms with Crippen molar-refractivity contribution >= 4 is 0 Å². The minimum atomic E-state index is -1.61. The number of benzene rings is 1. The van der Waals surface area contributed by atoms with Gasteiger partial charge in [-0.25, -0.2) is 8.78 Å². The summed E-state index contributed by atoms with van der Waals surface area (Å²) in [5.74, 6) is -0.303. The molecule has 0 bridgehead atoms. The molecule has 15 heavy (non-hydrogen) atoms. The fourth-order valence-corrected chi connectivity index (χ4v) is 1.30. The first-order chi connectivity index (χ1) is 7.22. The molecule has 80 valence electrons. The Morgan fingerprint density at radius 1 is 1.40 bits per heavy atom. The fraction of sp³-hybridized carbons (Fsp3) is 0.200. The van der Waals surface area contributed by atoms with Crippen molar-refractivity contribution in [1.29, 1.82) is 0 Å². The first-order valence-electron chi connectivity index (χ1n) is 4.26. The van der Waals surface area contributed by atoms with Crippen molar-refractivity contribution in [3.05, 3.63) is 35.9 Å². The predicted octanol–water partition coefficient (Wildman–Crippen LogP) is 2.23. The van der Waals surface area contributed by atoms with Crippen LogP contribution in [0.4, 0.5) is 8.78 Å². The number of hydrogen-bond donors (Lipinski definition) is 1. The van der Waals surface area contributed by atoms with Crippen molar-refractivity contribution in [3.8, 4) is 11.5 Å². The summed E-state index contributed by atoms with van der Waals surface area (Å²) in [5, 5.41) is 9.34. The van der Waals surface area contributed by atoms with Crippen LogP contribution in [-0.4, -0.2) is 11.9 Å². The highest BCUT2D eigenvalue weighted by molar-refractivity contribution is 5.45. The van der Waals surface area contributed by atoms with Crippen LogP contribution in [0.2, 0.25) is 0 Å². The fourth-order valence-electron chi connectivity index (χ4n) is 1.30. The molecule has 1 unspecified atom stereocenters. The molecular formula is C10H8F2O3. The van der Waals surface area contributed by atoms with Gasteiger partial charge in [0.15, 0.2) is 17.3 Å². The topological polar surface area (TPSA) is 38.7 Å². The van der Waals surface area contributed by atoms with E-state index in [0.717, 1.165) is 0 Å². The van der Waals surface area contributed by atoms with Crippen LogP contribution in [-0.2, 0) is 0 Å². The zero-order chi connectivity index (χ0) is 10.8. The third kappa shape index (κ3) is 1.78. The lowest BCUT2D eigenvalue weighted by Crippen LogP contribution is -1.97. The van der Waals surface area contributed by atoms with Gasteiger partial charge in [-0.2, -0.15) is 0 Å². The van der Waals surface area contributed by atoms with Gasteiger partial charge >= 0.3 is 0 Å². The Kier molecular flexibility index (Phi) is 2.55. The average molecular weight is 214 g/mol. The molecule has 0 aliphatic carbocycles. The van der Waals surface area contributed by atoms with Crippen LogP contribution in [0.15, 0.2) is 30.4 Å². The van der Waals surface area contributed by atoms with Crippen molar-refractivity contribution in [2.45, 2.75) is 6.10 Å².